The lowest BCUT2D eigenvalue weighted by molar-refractivity contribution is -0.123. The van der Waals surface area contributed by atoms with Crippen LogP contribution in [0.15, 0.2) is 4.99 Å². The van der Waals surface area contributed by atoms with Crippen molar-refractivity contribution < 1.29 is 9.53 Å². The van der Waals surface area contributed by atoms with Crippen molar-refractivity contribution in [3.05, 3.63) is 0 Å². The molecular formula is C10H12N2O2. The van der Waals surface area contributed by atoms with Crippen LogP contribution >= 0.6 is 0 Å². The highest BCUT2D eigenvalue weighted by Crippen LogP contribution is 2.28. The first kappa shape index (κ1) is 9.20. The van der Waals surface area contributed by atoms with E-state index in [0.717, 1.165) is 19.3 Å². The van der Waals surface area contributed by atoms with Gasteiger partial charge in [-0.3, -0.25) is 4.79 Å². The molecule has 0 aromatic rings. The molecule has 1 heterocycles. The molecule has 0 aromatic heterocycles. The van der Waals surface area contributed by atoms with Crippen molar-refractivity contribution in [1.29, 1.82) is 5.26 Å². The summed E-state index contributed by atoms with van der Waals surface area (Å²) in [7, 11) is 0. The highest BCUT2D eigenvalue weighted by molar-refractivity contribution is 5.95. The lowest BCUT2D eigenvalue weighted by atomic mass is 9.85. The monoisotopic (exact) mass is 192 g/mol. The van der Waals surface area contributed by atoms with Gasteiger partial charge in [-0.05, 0) is 12.8 Å². The summed E-state index contributed by atoms with van der Waals surface area (Å²) in [4.78, 5) is 15.3. The molecule has 1 unspecified atom stereocenters. The number of amides is 1. The smallest absolute Gasteiger partial charge is 0.251 e. The second kappa shape index (κ2) is 3.79. The molecule has 2 aliphatic rings. The fraction of sp³-hybridized carbons (Fsp3) is 0.700. The number of carbonyl (C=O) groups is 1. The molecule has 1 saturated heterocycles. The molecule has 0 spiro atoms. The van der Waals surface area contributed by atoms with E-state index in [1.165, 1.54) is 0 Å². The van der Waals surface area contributed by atoms with Crippen LogP contribution in [-0.4, -0.2) is 18.4 Å². The van der Waals surface area contributed by atoms with Crippen LogP contribution in [0.4, 0.5) is 0 Å². The Morgan fingerprint density at radius 3 is 2.86 bits per heavy atom. The topological polar surface area (TPSA) is 62.4 Å². The third-order valence-corrected chi connectivity index (χ3v) is 2.79. The average molecular weight is 192 g/mol. The van der Waals surface area contributed by atoms with Crippen molar-refractivity contribution in [1.82, 2.24) is 0 Å². The Morgan fingerprint density at radius 1 is 1.50 bits per heavy atom. The molecule has 0 radical (unpaired) electrons. The van der Waals surface area contributed by atoms with Crippen molar-refractivity contribution in [3.63, 3.8) is 0 Å². The standard InChI is InChI=1S/C10H12N2O2/c11-6-8-4-5-14-10(8)12-9(13)7-2-1-3-7/h7-8H,1-5H2. The maximum absolute atomic E-state index is 11.5. The van der Waals surface area contributed by atoms with Crippen molar-refractivity contribution in [2.75, 3.05) is 6.61 Å². The summed E-state index contributed by atoms with van der Waals surface area (Å²) >= 11 is 0. The van der Waals surface area contributed by atoms with Crippen molar-refractivity contribution in [2.24, 2.45) is 16.8 Å². The van der Waals surface area contributed by atoms with Crippen molar-refractivity contribution in [2.45, 2.75) is 25.7 Å². The minimum Gasteiger partial charge on any atom is -0.480 e. The van der Waals surface area contributed by atoms with E-state index in [-0.39, 0.29) is 17.7 Å². The van der Waals surface area contributed by atoms with Crippen molar-refractivity contribution >= 4 is 11.8 Å². The molecular weight excluding hydrogens is 180 g/mol. The average Bonchev–Trinajstić information content (AvgIpc) is 2.48. The first-order chi connectivity index (χ1) is 6.81. The summed E-state index contributed by atoms with van der Waals surface area (Å²) < 4.78 is 5.15. The molecule has 1 atom stereocenters. The van der Waals surface area contributed by atoms with Crippen LogP contribution in [0.5, 0.6) is 0 Å². The van der Waals surface area contributed by atoms with Gasteiger partial charge in [-0.15, -0.1) is 0 Å². The summed E-state index contributed by atoms with van der Waals surface area (Å²) in [5, 5.41) is 8.74. The van der Waals surface area contributed by atoms with Gasteiger partial charge in [0.05, 0.1) is 12.7 Å². The molecule has 0 bridgehead atoms. The molecule has 2 fully saturated rings. The molecule has 4 heteroatoms. The second-order valence-electron chi connectivity index (χ2n) is 3.73. The Kier molecular flexibility index (Phi) is 2.49. The molecule has 1 aliphatic heterocycles. The van der Waals surface area contributed by atoms with Crippen molar-refractivity contribution in [3.8, 4) is 6.07 Å². The van der Waals surface area contributed by atoms with E-state index >= 15 is 0 Å². The number of ether oxygens (including phenoxy) is 1. The number of carbonyl (C=O) groups excluding carboxylic acids is 1. The SMILES string of the molecule is N#CC1CCOC1=NC(=O)C1CCC1. The number of nitrogens with zero attached hydrogens (tertiary/aromatic N) is 2. The second-order valence-corrected chi connectivity index (χ2v) is 3.73. The number of rotatable bonds is 1. The van der Waals surface area contributed by atoms with Gasteiger partial charge in [-0.2, -0.15) is 10.3 Å². The normalized spacial score (nSPS) is 29.4. The minimum atomic E-state index is -0.306. The lowest BCUT2D eigenvalue weighted by Gasteiger charge is -2.21. The number of aliphatic imine (C=N–C) groups is 1. The Hall–Kier alpha value is -1.37. The highest BCUT2D eigenvalue weighted by Gasteiger charge is 2.29. The van der Waals surface area contributed by atoms with E-state index in [0.29, 0.717) is 18.9 Å². The third-order valence-electron chi connectivity index (χ3n) is 2.79. The first-order valence-electron chi connectivity index (χ1n) is 4.96. The highest BCUT2D eigenvalue weighted by atomic mass is 16.5. The maximum atomic E-state index is 11.5. The van der Waals surface area contributed by atoms with Crippen LogP contribution in [0.3, 0.4) is 0 Å². The van der Waals surface area contributed by atoms with Gasteiger partial charge in [0.2, 0.25) is 5.90 Å². The summed E-state index contributed by atoms with van der Waals surface area (Å²) in [6.45, 7) is 0.509. The fourth-order valence-electron chi connectivity index (χ4n) is 1.59. The van der Waals surface area contributed by atoms with E-state index in [9.17, 15) is 4.79 Å². The van der Waals surface area contributed by atoms with Crippen LogP contribution in [0.1, 0.15) is 25.7 Å². The van der Waals surface area contributed by atoms with E-state index in [1.54, 1.807) is 0 Å². The van der Waals surface area contributed by atoms with E-state index in [1.807, 2.05) is 0 Å². The summed E-state index contributed by atoms with van der Waals surface area (Å²) in [5.41, 5.74) is 0. The minimum absolute atomic E-state index is 0.0889. The Bertz CT molecular complexity index is 313. The first-order valence-corrected chi connectivity index (χ1v) is 4.96. The molecule has 0 aromatic carbocycles. The number of hydrogen-bond donors (Lipinski definition) is 0. The zero-order valence-electron chi connectivity index (χ0n) is 7.90. The lowest BCUT2D eigenvalue weighted by Crippen LogP contribution is -2.22. The van der Waals surface area contributed by atoms with Gasteiger partial charge in [-0.1, -0.05) is 6.42 Å². The summed E-state index contributed by atoms with van der Waals surface area (Å²) in [6.07, 6.45) is 3.65. The van der Waals surface area contributed by atoms with Crippen LogP contribution < -0.4 is 0 Å². The molecule has 14 heavy (non-hydrogen) atoms. The Labute approximate surface area is 82.6 Å². The predicted molar refractivity (Wildman–Crippen MR) is 49.5 cm³/mol. The quantitative estimate of drug-likeness (QED) is 0.628. The Balaban J connectivity index is 2.02. The van der Waals surface area contributed by atoms with Gasteiger partial charge in [0.1, 0.15) is 5.92 Å². The summed E-state index contributed by atoms with van der Waals surface area (Å²) in [5.74, 6) is 0.0165. The Morgan fingerprint density at radius 2 is 2.29 bits per heavy atom. The van der Waals surface area contributed by atoms with Gasteiger partial charge in [-0.25, -0.2) is 0 Å². The van der Waals surface area contributed by atoms with Gasteiger partial charge in [0, 0.05) is 12.3 Å². The molecule has 1 saturated carbocycles. The third kappa shape index (κ3) is 1.63. The van der Waals surface area contributed by atoms with E-state index in [4.69, 9.17) is 10.00 Å². The van der Waals surface area contributed by atoms with Gasteiger partial charge >= 0.3 is 0 Å². The largest absolute Gasteiger partial charge is 0.480 e. The van der Waals surface area contributed by atoms with Gasteiger partial charge in [0.25, 0.3) is 5.91 Å². The van der Waals surface area contributed by atoms with Crippen LogP contribution in [0, 0.1) is 23.2 Å². The van der Waals surface area contributed by atoms with Crippen LogP contribution in [-0.2, 0) is 9.53 Å². The zero-order valence-corrected chi connectivity index (χ0v) is 7.90. The molecule has 0 N–H and O–H groups in total. The van der Waals surface area contributed by atoms with E-state index < -0.39 is 0 Å². The molecule has 74 valence electrons. The van der Waals surface area contributed by atoms with Crippen LogP contribution in [0.25, 0.3) is 0 Å². The summed E-state index contributed by atoms with van der Waals surface area (Å²) in [6, 6.07) is 2.09. The molecule has 4 nitrogen and oxygen atoms in total. The maximum Gasteiger partial charge on any atom is 0.251 e. The van der Waals surface area contributed by atoms with Gasteiger partial charge < -0.3 is 4.74 Å². The number of hydrogen-bond acceptors (Lipinski definition) is 3. The molecule has 1 amide bonds. The van der Waals surface area contributed by atoms with E-state index in [2.05, 4.69) is 11.1 Å². The molecule has 2 rings (SSSR count). The molecule has 1 aliphatic carbocycles. The number of nitriles is 1. The fourth-order valence-corrected chi connectivity index (χ4v) is 1.59. The van der Waals surface area contributed by atoms with Gasteiger partial charge in [0.15, 0.2) is 0 Å². The predicted octanol–water partition coefficient (Wildman–Crippen LogP) is 1.27. The zero-order chi connectivity index (χ0) is 9.97. The van der Waals surface area contributed by atoms with Crippen LogP contribution in [0.2, 0.25) is 0 Å².